The Kier molecular flexibility index (Phi) is 35.8. The van der Waals surface area contributed by atoms with Gasteiger partial charge in [0.2, 0.25) is 17.7 Å². The van der Waals surface area contributed by atoms with Crippen LogP contribution in [-0.4, -0.2) is 247 Å². The van der Waals surface area contributed by atoms with Crippen molar-refractivity contribution in [3.05, 3.63) is 335 Å². The van der Waals surface area contributed by atoms with Gasteiger partial charge < -0.3 is 82.3 Å². The van der Waals surface area contributed by atoms with E-state index in [-0.39, 0.29) is 81.5 Å². The van der Waals surface area contributed by atoms with Crippen molar-refractivity contribution < 1.29 is 37.9 Å². The number of piperidine rings is 5. The van der Waals surface area contributed by atoms with Gasteiger partial charge in [-0.15, -0.1) is 0 Å². The highest BCUT2D eigenvalue weighted by molar-refractivity contribution is 6.02. The van der Waals surface area contributed by atoms with Gasteiger partial charge in [-0.25, -0.2) is 24.3 Å². The second-order valence-electron chi connectivity index (χ2n) is 39.0. The molecule has 758 valence electrons. The lowest BCUT2D eigenvalue weighted by atomic mass is 9.72. The number of nitrogens with one attached hydrogen (secondary N) is 7. The molecule has 4 aromatic heterocycles. The smallest absolute Gasteiger partial charge is 0.258 e. The number of benzene rings is 9. The summed E-state index contributed by atoms with van der Waals surface area (Å²) < 4.78 is 18.5. The number of anilines is 1. The lowest BCUT2D eigenvalue weighted by Crippen LogP contribution is -2.64. The van der Waals surface area contributed by atoms with Crippen LogP contribution in [0.15, 0.2) is 256 Å². The summed E-state index contributed by atoms with van der Waals surface area (Å²) in [5.41, 5.74) is 23.4. The standard InChI is InChI=1S/C23H24FN3O2.C23H26N4O2.C23H28N4O2.C23H26N4O2.C21H29N5O3/c24-18-9-7-16(8-10-18)22(28)17-11-14-27(15-12-17)13-3-6-21-25-20-5-2-1-4-19(20)23(29)26-21;28-22(17-7-2-1-3-8-17)24-18-12-15-27(16-13-18)14-6-11-21-25-20-10-5-4-9-19(20)23(29)26-21;2*24-22(29)23(17-7-2-1-3-8-17)12-15-27(16-13-23)14-6-11-20-25-19-10-5-4-9-18(19)21(28)26-20;22-20(28)21(26-12-14-29-15-13-26)7-10-25(11-8-21)9-3-6-18-23-17-5-2-1-4-16(17)19(27)24-18/h1-2,4-5,7-10,17H,3,6,11-15H2,(H,25,26,29);1-5,7-10,18H,6,11-16H2,(H,24,28)(H,25,26,29);1-5,7-10,20,25H,6,11-16H2,(H2,24,29)(H,26,28);1-5,7-10H,6,11-16H2,(H2,24,29)(H,25,26,28);1-2,4-5H,3,6-15H2,(H2,22,28)(H,23,24,27). The number of hydrogen-bond acceptors (Lipinski definition) is 22. The van der Waals surface area contributed by atoms with Crippen LogP contribution in [0.25, 0.3) is 43.6 Å². The molecule has 20 rings (SSSR count). The van der Waals surface area contributed by atoms with E-state index in [9.17, 15) is 52.3 Å². The van der Waals surface area contributed by atoms with Crippen molar-refractivity contribution in [2.75, 3.05) is 130 Å². The fraction of sp³-hybridized carbons (Fsp3) is 0.398. The first-order valence-corrected chi connectivity index (χ1v) is 51.2. The summed E-state index contributed by atoms with van der Waals surface area (Å²) in [5.74, 6) is 2.04. The Bertz CT molecular complexity index is 6810. The molecule has 13 N–H and O–H groups in total. The SMILES string of the molecule is NC(=O)C1(N2CCOCC2)CCN(CCCc2nc3ccccc3c(=O)[nH]2)CC1.NC(=O)C1(c2ccccc2)CCN(CCCC2NC(=O)c3ccccc3N2)CC1.NC(=O)C1(c2ccccc2)CCN(CCCc2nc3ccccc3c(=O)[nH]2)CC1.O=C(NC1CCN(CCCc2nc3ccccc3c(=O)[nH]2)CC1)c1ccccc1.O=C(c1ccc(F)cc1)C1CCN(CCCc2nc3ccccc3c(=O)[nH]2)CC1. The number of nitrogens with two attached hydrogens (primary N) is 3. The van der Waals surface area contributed by atoms with Crippen molar-refractivity contribution in [1.29, 1.82) is 0 Å². The van der Waals surface area contributed by atoms with E-state index in [1.807, 2.05) is 188 Å². The van der Waals surface area contributed by atoms with Gasteiger partial charge in [-0.2, -0.15) is 0 Å². The number of carbonyl (C=O) groups is 6. The number of carbonyl (C=O) groups excluding carboxylic acids is 6. The molecule has 32 heteroatoms. The number of primary amides is 3. The molecule has 6 fully saturated rings. The average molecular weight is 1970 g/mol. The van der Waals surface area contributed by atoms with Gasteiger partial charge >= 0.3 is 0 Å². The van der Waals surface area contributed by atoms with Crippen molar-refractivity contribution >= 4 is 84.6 Å². The van der Waals surface area contributed by atoms with Gasteiger partial charge in [0.05, 0.1) is 79.4 Å². The quantitative estimate of drug-likeness (QED) is 0.0187. The highest BCUT2D eigenvalue weighted by atomic mass is 19.1. The number of nitrogens with zero attached hydrogens (tertiary/aromatic N) is 10. The Morgan fingerprint density at radius 3 is 1.12 bits per heavy atom. The summed E-state index contributed by atoms with van der Waals surface area (Å²) in [7, 11) is 0. The number of Topliss-reactive ketones (excluding diaryl/α,β-unsaturated/α-hetero) is 1. The van der Waals surface area contributed by atoms with Gasteiger partial charge in [-0.05, 0) is 283 Å². The summed E-state index contributed by atoms with van der Waals surface area (Å²) in [5, 5.41) is 12.1. The molecule has 0 radical (unpaired) electrons. The van der Waals surface area contributed by atoms with E-state index in [0.717, 1.165) is 295 Å². The van der Waals surface area contributed by atoms with Crippen molar-refractivity contribution in [3.63, 3.8) is 0 Å². The molecule has 11 heterocycles. The van der Waals surface area contributed by atoms with Gasteiger partial charge in [0.1, 0.15) is 34.7 Å². The predicted octanol–water partition coefficient (Wildman–Crippen LogP) is 11.7. The summed E-state index contributed by atoms with van der Waals surface area (Å²) in [4.78, 5) is 167. The molecule has 0 bridgehead atoms. The number of ketones is 1. The third-order valence-electron chi connectivity index (χ3n) is 29.8. The van der Waals surface area contributed by atoms with Gasteiger partial charge in [0, 0.05) is 93.7 Å². The molecule has 1 atom stereocenters. The van der Waals surface area contributed by atoms with Crippen LogP contribution in [0.5, 0.6) is 0 Å². The summed E-state index contributed by atoms with van der Waals surface area (Å²) in [6.45, 7) is 16.3. The average Bonchev–Trinajstić information content (AvgIpc) is 0.783. The summed E-state index contributed by atoms with van der Waals surface area (Å²) >= 11 is 0. The van der Waals surface area contributed by atoms with Gasteiger partial charge in [-0.3, -0.25) is 52.8 Å². The van der Waals surface area contributed by atoms with E-state index in [2.05, 4.69) is 85.2 Å². The van der Waals surface area contributed by atoms with Crippen molar-refractivity contribution in [2.24, 2.45) is 23.1 Å². The lowest BCUT2D eigenvalue weighted by molar-refractivity contribution is -0.138. The largest absolute Gasteiger partial charge is 0.379 e. The van der Waals surface area contributed by atoms with Crippen molar-refractivity contribution in [3.8, 4) is 0 Å². The lowest BCUT2D eigenvalue weighted by Gasteiger charge is -2.48. The Balaban J connectivity index is 0.000000130. The zero-order valence-electron chi connectivity index (χ0n) is 82.4. The number of likely N-dealkylation sites (tertiary alicyclic amines) is 5. The zero-order chi connectivity index (χ0) is 101. The summed E-state index contributed by atoms with van der Waals surface area (Å²) in [6, 6.07) is 72.4. The predicted molar refractivity (Wildman–Crippen MR) is 563 cm³/mol. The van der Waals surface area contributed by atoms with Gasteiger partial charge in [0.25, 0.3) is 34.1 Å². The van der Waals surface area contributed by atoms with E-state index in [0.29, 0.717) is 57.9 Å². The fourth-order valence-electron chi connectivity index (χ4n) is 21.3. The number of rotatable bonds is 30. The number of amides is 5. The first kappa shape index (κ1) is 104. The van der Waals surface area contributed by atoms with E-state index in [4.69, 9.17) is 21.9 Å². The first-order valence-electron chi connectivity index (χ1n) is 51.2. The van der Waals surface area contributed by atoms with E-state index in [1.54, 1.807) is 36.4 Å². The Morgan fingerprint density at radius 2 is 0.724 bits per heavy atom. The Labute approximate surface area is 842 Å². The maximum atomic E-state index is 13.0. The zero-order valence-corrected chi connectivity index (χ0v) is 82.4. The number of aromatic amines is 4. The molecule has 0 spiro atoms. The van der Waals surface area contributed by atoms with E-state index < -0.39 is 16.4 Å². The normalized spacial score (nSPS) is 17.9. The van der Waals surface area contributed by atoms with Crippen LogP contribution in [0.2, 0.25) is 0 Å². The minimum absolute atomic E-state index is 0.00946. The molecule has 6 saturated heterocycles. The van der Waals surface area contributed by atoms with E-state index in [1.165, 1.54) is 12.1 Å². The molecule has 0 saturated carbocycles. The molecule has 5 amide bonds. The van der Waals surface area contributed by atoms with Crippen LogP contribution in [0.3, 0.4) is 0 Å². The molecule has 31 nitrogen and oxygen atoms in total. The molecular weight excluding hydrogens is 1830 g/mol. The van der Waals surface area contributed by atoms with Crippen molar-refractivity contribution in [2.45, 2.75) is 157 Å². The van der Waals surface area contributed by atoms with Crippen LogP contribution >= 0.6 is 0 Å². The molecule has 1 unspecified atom stereocenters. The van der Waals surface area contributed by atoms with Crippen LogP contribution in [-0.2, 0) is 55.6 Å². The second-order valence-corrected chi connectivity index (χ2v) is 39.0. The molecule has 7 aliphatic rings. The fourth-order valence-corrected chi connectivity index (χ4v) is 21.3. The minimum Gasteiger partial charge on any atom is -0.379 e. The highest BCUT2D eigenvalue weighted by Crippen LogP contribution is 2.38. The molecule has 145 heavy (non-hydrogen) atoms. The Morgan fingerprint density at radius 1 is 0.372 bits per heavy atom. The van der Waals surface area contributed by atoms with Crippen molar-refractivity contribution in [1.82, 2.24) is 79.9 Å². The van der Waals surface area contributed by atoms with Crippen LogP contribution < -0.4 is 55.4 Å². The van der Waals surface area contributed by atoms with E-state index >= 15 is 0 Å². The number of morpholine rings is 1. The molecule has 9 aromatic carbocycles. The number of aryl methyl sites for hydroxylation is 4. The van der Waals surface area contributed by atoms with Gasteiger partial charge in [-0.1, -0.05) is 140 Å². The molecular formula is C113H133FN20O11. The Hall–Kier alpha value is -14.0. The summed E-state index contributed by atoms with van der Waals surface area (Å²) in [6.07, 6.45) is 16.4. The first-order chi connectivity index (χ1) is 70.5. The highest BCUT2D eigenvalue weighted by Gasteiger charge is 2.47. The number of fused-ring (bicyclic) bond motifs is 5. The molecule has 13 aromatic rings. The van der Waals surface area contributed by atoms with Gasteiger partial charge in [0.15, 0.2) is 5.78 Å². The monoisotopic (exact) mass is 1970 g/mol. The number of H-pyrrole nitrogens is 4. The minimum atomic E-state index is -0.567. The number of hydrogen-bond donors (Lipinski definition) is 10. The third kappa shape index (κ3) is 27.0. The number of halogens is 1. The van der Waals surface area contributed by atoms with Crippen LogP contribution in [0.4, 0.5) is 10.1 Å². The maximum absolute atomic E-state index is 13.0. The maximum Gasteiger partial charge on any atom is 0.258 e. The third-order valence-corrected chi connectivity index (χ3v) is 29.8. The molecule has 0 aliphatic carbocycles. The van der Waals surface area contributed by atoms with Crippen LogP contribution in [0.1, 0.15) is 168 Å². The number of para-hydroxylation sites is 5. The number of aromatic nitrogens is 8. The molecule has 7 aliphatic heterocycles. The number of ether oxygens (including phenoxy) is 1. The topological polar surface area (TPSA) is 428 Å². The van der Waals surface area contributed by atoms with Crippen LogP contribution in [0, 0.1) is 11.7 Å². The second kappa shape index (κ2) is 50.0.